The van der Waals surface area contributed by atoms with Gasteiger partial charge < -0.3 is 4.42 Å². The highest BCUT2D eigenvalue weighted by Crippen LogP contribution is 2.49. The van der Waals surface area contributed by atoms with E-state index in [2.05, 4.69) is 4.85 Å². The molecule has 2 heterocycles. The van der Waals surface area contributed by atoms with Gasteiger partial charge in [0, 0.05) is 28.5 Å². The zero-order valence-corrected chi connectivity index (χ0v) is 20.8. The van der Waals surface area contributed by atoms with E-state index in [-0.39, 0.29) is 11.3 Å². The predicted octanol–water partition coefficient (Wildman–Crippen LogP) is 7.34. The fourth-order valence-electron chi connectivity index (χ4n) is 4.99. The van der Waals surface area contributed by atoms with Gasteiger partial charge in [-0.3, -0.25) is 4.57 Å². The van der Waals surface area contributed by atoms with E-state index in [1.165, 1.54) is 0 Å². The minimum absolute atomic E-state index is 0.121. The van der Waals surface area contributed by atoms with Gasteiger partial charge in [-0.05, 0) is 34.9 Å². The van der Waals surface area contributed by atoms with Gasteiger partial charge in [0.2, 0.25) is 5.71 Å². The first-order chi connectivity index (χ1) is 19.7. The number of hydrogen-bond acceptors (Lipinski definition) is 5. The van der Waals surface area contributed by atoms with Gasteiger partial charge in [0.05, 0.1) is 12.6 Å². The molecule has 0 radical (unpaired) electrons. The summed E-state index contributed by atoms with van der Waals surface area (Å²) in [6, 6.07) is 34.3. The number of aromatic nitrogens is 2. The molecule has 7 heteroatoms. The van der Waals surface area contributed by atoms with E-state index < -0.39 is 0 Å². The minimum Gasteiger partial charge on any atom is -0.436 e. The standard InChI is InChI=1S/C33H16N6O/c1-37-27(20-36)32-25-15-9-8-14-24(25)31(22(18-34)19-35)26(32)16-30-38-33-28(39(30)23-12-6-3-7-13-23)17-29(40-33)21-10-4-2-5-11-21/h2-17H/b26-16-,32-27-. The average Bonchev–Trinajstić information content (AvgIpc) is 3.66. The number of allylic oxidation sites excluding steroid dienone is 5. The van der Waals surface area contributed by atoms with Crippen LogP contribution in [0.3, 0.4) is 0 Å². The lowest BCUT2D eigenvalue weighted by Gasteiger charge is -2.09. The smallest absolute Gasteiger partial charge is 0.270 e. The summed E-state index contributed by atoms with van der Waals surface area (Å²) in [5, 5.41) is 29.6. The third kappa shape index (κ3) is 3.77. The van der Waals surface area contributed by atoms with Crippen molar-refractivity contribution in [1.29, 1.82) is 15.8 Å². The molecule has 0 unspecified atom stereocenters. The predicted molar refractivity (Wildman–Crippen MR) is 150 cm³/mol. The van der Waals surface area contributed by atoms with Gasteiger partial charge in [-0.25, -0.2) is 10.1 Å². The number of benzene rings is 3. The van der Waals surface area contributed by atoms with Crippen LogP contribution in [-0.2, 0) is 0 Å². The zero-order chi connectivity index (χ0) is 27.6. The number of nitrogens with zero attached hydrogens (tertiary/aromatic N) is 6. The summed E-state index contributed by atoms with van der Waals surface area (Å²) in [5.74, 6) is 1.11. The van der Waals surface area contributed by atoms with E-state index in [1.54, 1.807) is 30.3 Å². The van der Waals surface area contributed by atoms with Crippen molar-refractivity contribution in [3.05, 3.63) is 136 Å². The molecule has 7 nitrogen and oxygen atoms in total. The van der Waals surface area contributed by atoms with Gasteiger partial charge in [-0.2, -0.15) is 15.5 Å². The number of nitriles is 3. The lowest BCUT2D eigenvalue weighted by molar-refractivity contribution is 0.619. The number of furan rings is 1. The molecular formula is C33H16N6O. The van der Waals surface area contributed by atoms with Crippen molar-refractivity contribution in [2.45, 2.75) is 0 Å². The van der Waals surface area contributed by atoms with Crippen molar-refractivity contribution in [2.24, 2.45) is 0 Å². The van der Waals surface area contributed by atoms with Crippen LogP contribution in [-0.4, -0.2) is 9.55 Å². The van der Waals surface area contributed by atoms with Gasteiger partial charge in [0.25, 0.3) is 5.70 Å². The first kappa shape index (κ1) is 24.0. The molecule has 6 rings (SSSR count). The molecule has 1 aliphatic rings. The van der Waals surface area contributed by atoms with E-state index in [0.29, 0.717) is 45.1 Å². The van der Waals surface area contributed by atoms with Crippen LogP contribution in [0.1, 0.15) is 17.0 Å². The van der Waals surface area contributed by atoms with Gasteiger partial charge in [0.1, 0.15) is 34.8 Å². The van der Waals surface area contributed by atoms with Crippen LogP contribution >= 0.6 is 0 Å². The fourth-order valence-corrected chi connectivity index (χ4v) is 4.99. The summed E-state index contributed by atoms with van der Waals surface area (Å²) >= 11 is 0. The van der Waals surface area contributed by atoms with Crippen LogP contribution in [0.4, 0.5) is 0 Å². The maximum atomic E-state index is 9.86. The zero-order valence-electron chi connectivity index (χ0n) is 20.8. The Morgan fingerprint density at radius 3 is 2.08 bits per heavy atom. The van der Waals surface area contributed by atoms with E-state index in [1.807, 2.05) is 89.5 Å². The van der Waals surface area contributed by atoms with Crippen LogP contribution in [0.2, 0.25) is 0 Å². The third-order valence-electron chi connectivity index (χ3n) is 6.66. The van der Waals surface area contributed by atoms with Crippen LogP contribution in [0, 0.1) is 40.6 Å². The molecule has 0 aliphatic heterocycles. The highest BCUT2D eigenvalue weighted by molar-refractivity contribution is 6.14. The van der Waals surface area contributed by atoms with Crippen molar-refractivity contribution < 1.29 is 4.42 Å². The Balaban J connectivity index is 1.69. The maximum absolute atomic E-state index is 9.86. The number of rotatable bonds is 3. The first-order valence-corrected chi connectivity index (χ1v) is 12.2. The normalized spacial score (nSPS) is 14.2. The second-order valence-corrected chi connectivity index (χ2v) is 8.83. The Morgan fingerprint density at radius 2 is 1.45 bits per heavy atom. The topological polar surface area (TPSA) is 107 Å². The molecule has 0 atom stereocenters. The van der Waals surface area contributed by atoms with E-state index in [4.69, 9.17) is 16.0 Å². The van der Waals surface area contributed by atoms with Crippen molar-refractivity contribution in [2.75, 3.05) is 0 Å². The molecule has 0 saturated carbocycles. The molecule has 40 heavy (non-hydrogen) atoms. The molecule has 0 amide bonds. The quantitative estimate of drug-likeness (QED) is 0.186. The van der Waals surface area contributed by atoms with Gasteiger partial charge in [-0.1, -0.05) is 72.8 Å². The molecule has 1 aliphatic carbocycles. The summed E-state index contributed by atoms with van der Waals surface area (Å²) in [6.07, 6.45) is 1.71. The second-order valence-electron chi connectivity index (χ2n) is 8.83. The molecule has 2 aromatic heterocycles. The fraction of sp³-hybridized carbons (Fsp3) is 0. The first-order valence-electron chi connectivity index (χ1n) is 12.2. The van der Waals surface area contributed by atoms with Crippen LogP contribution < -0.4 is 0 Å². The summed E-state index contributed by atoms with van der Waals surface area (Å²) in [6.45, 7) is 7.68. The summed E-state index contributed by atoms with van der Waals surface area (Å²) < 4.78 is 8.08. The van der Waals surface area contributed by atoms with Crippen LogP contribution in [0.5, 0.6) is 0 Å². The van der Waals surface area contributed by atoms with Crippen molar-refractivity contribution in [3.63, 3.8) is 0 Å². The highest BCUT2D eigenvalue weighted by Gasteiger charge is 2.32. The molecule has 0 saturated heterocycles. The number of para-hydroxylation sites is 1. The number of hydrogen-bond donors (Lipinski definition) is 0. The molecule has 0 N–H and O–H groups in total. The Labute approximate surface area is 229 Å². The lowest BCUT2D eigenvalue weighted by atomic mass is 9.97. The van der Waals surface area contributed by atoms with Gasteiger partial charge >= 0.3 is 0 Å². The van der Waals surface area contributed by atoms with Crippen LogP contribution in [0.25, 0.3) is 50.3 Å². The summed E-state index contributed by atoms with van der Waals surface area (Å²) in [5.41, 5.74) is 4.90. The van der Waals surface area contributed by atoms with E-state index >= 15 is 0 Å². The van der Waals surface area contributed by atoms with Crippen LogP contribution in [0.15, 0.2) is 112 Å². The number of fused-ring (bicyclic) bond motifs is 2. The Kier molecular flexibility index (Phi) is 5.87. The third-order valence-corrected chi connectivity index (χ3v) is 6.66. The monoisotopic (exact) mass is 512 g/mol. The maximum Gasteiger partial charge on any atom is 0.270 e. The molecule has 0 fully saturated rings. The Hall–Kier alpha value is -6.41. The Bertz CT molecular complexity index is 1980. The summed E-state index contributed by atoms with van der Waals surface area (Å²) in [7, 11) is 0. The molecule has 5 aromatic rings. The second kappa shape index (κ2) is 9.81. The van der Waals surface area contributed by atoms with Gasteiger partial charge in [0.15, 0.2) is 0 Å². The number of imidazole rings is 1. The summed E-state index contributed by atoms with van der Waals surface area (Å²) in [4.78, 5) is 8.28. The van der Waals surface area contributed by atoms with Crippen molar-refractivity contribution >= 4 is 28.5 Å². The molecule has 3 aromatic carbocycles. The molecule has 0 spiro atoms. The lowest BCUT2D eigenvalue weighted by Crippen LogP contribution is -1.98. The minimum atomic E-state index is -0.142. The van der Waals surface area contributed by atoms with E-state index in [0.717, 1.165) is 16.8 Å². The molecule has 184 valence electrons. The highest BCUT2D eigenvalue weighted by atomic mass is 16.3. The average molecular weight is 513 g/mol. The van der Waals surface area contributed by atoms with E-state index in [9.17, 15) is 15.8 Å². The SMILES string of the molecule is [C-]#[N+]/C(C#N)=C1\C(=C/c2nc3oc(-c4ccccc4)cc3n2-c2ccccc2)C(=C(C#N)C#N)c2ccccc21. The van der Waals surface area contributed by atoms with Gasteiger partial charge in [-0.15, -0.1) is 0 Å². The Morgan fingerprint density at radius 1 is 0.825 bits per heavy atom. The molecule has 0 bridgehead atoms. The van der Waals surface area contributed by atoms with Crippen molar-refractivity contribution in [3.8, 4) is 35.2 Å². The largest absolute Gasteiger partial charge is 0.436 e. The molecular weight excluding hydrogens is 496 g/mol. The van der Waals surface area contributed by atoms with Crippen molar-refractivity contribution in [1.82, 2.24) is 9.55 Å².